The molecule has 0 aliphatic carbocycles. The van der Waals surface area contributed by atoms with E-state index in [1.165, 1.54) is 19.2 Å². The molecule has 0 aromatic heterocycles. The minimum atomic E-state index is -0.826. The SMILES string of the molecule is COC(=O)[C@@H](CC(C)C)NC(=O)COC(=O)c1ccccc1C(=O)c1ccccc1. The summed E-state index contributed by atoms with van der Waals surface area (Å²) in [4.78, 5) is 49.2. The number of hydrogen-bond donors (Lipinski definition) is 1. The number of benzene rings is 2. The molecule has 7 heteroatoms. The number of rotatable bonds is 9. The molecule has 0 radical (unpaired) electrons. The highest BCUT2D eigenvalue weighted by atomic mass is 16.5. The van der Waals surface area contributed by atoms with Crippen LogP contribution in [0.25, 0.3) is 0 Å². The Labute approximate surface area is 175 Å². The van der Waals surface area contributed by atoms with Crippen LogP contribution >= 0.6 is 0 Å². The highest BCUT2D eigenvalue weighted by Gasteiger charge is 2.24. The van der Waals surface area contributed by atoms with Crippen molar-refractivity contribution in [3.8, 4) is 0 Å². The molecule has 30 heavy (non-hydrogen) atoms. The highest BCUT2D eigenvalue weighted by molar-refractivity contribution is 6.14. The summed E-state index contributed by atoms with van der Waals surface area (Å²) in [6.07, 6.45) is 0.390. The number of esters is 2. The van der Waals surface area contributed by atoms with Crippen molar-refractivity contribution in [2.45, 2.75) is 26.3 Å². The number of hydrogen-bond acceptors (Lipinski definition) is 6. The third kappa shape index (κ3) is 6.27. The number of nitrogens with one attached hydrogen (secondary N) is 1. The van der Waals surface area contributed by atoms with Crippen LogP contribution in [-0.2, 0) is 19.1 Å². The minimum absolute atomic E-state index is 0.0610. The largest absolute Gasteiger partial charge is 0.467 e. The Morgan fingerprint density at radius 3 is 2.10 bits per heavy atom. The van der Waals surface area contributed by atoms with Crippen LogP contribution in [0.2, 0.25) is 0 Å². The molecule has 0 aliphatic rings. The maximum atomic E-state index is 12.7. The first-order valence-electron chi connectivity index (χ1n) is 9.56. The number of methoxy groups -OCH3 is 1. The van der Waals surface area contributed by atoms with Crippen molar-refractivity contribution >= 4 is 23.6 Å². The molecule has 7 nitrogen and oxygen atoms in total. The topological polar surface area (TPSA) is 98.8 Å². The normalized spacial score (nSPS) is 11.5. The molecule has 0 heterocycles. The summed E-state index contributed by atoms with van der Waals surface area (Å²) in [6.45, 7) is 3.23. The molecule has 0 saturated carbocycles. The second kappa shape index (κ2) is 10.9. The first-order valence-corrected chi connectivity index (χ1v) is 9.56. The highest BCUT2D eigenvalue weighted by Crippen LogP contribution is 2.16. The number of ether oxygens (including phenoxy) is 2. The fraction of sp³-hybridized carbons (Fsp3) is 0.304. The van der Waals surface area contributed by atoms with Crippen molar-refractivity contribution in [3.63, 3.8) is 0 Å². The first kappa shape index (κ1) is 22.8. The van der Waals surface area contributed by atoms with Crippen LogP contribution in [0.4, 0.5) is 0 Å². The van der Waals surface area contributed by atoms with Gasteiger partial charge in [-0.1, -0.05) is 62.4 Å². The number of carbonyl (C=O) groups excluding carboxylic acids is 4. The molecule has 0 bridgehead atoms. The fourth-order valence-electron chi connectivity index (χ4n) is 2.88. The lowest BCUT2D eigenvalue weighted by atomic mass is 9.98. The predicted octanol–water partition coefficient (Wildman–Crippen LogP) is 2.78. The van der Waals surface area contributed by atoms with Gasteiger partial charge in [-0.05, 0) is 18.4 Å². The van der Waals surface area contributed by atoms with Crippen LogP contribution in [-0.4, -0.2) is 43.4 Å². The predicted molar refractivity (Wildman–Crippen MR) is 110 cm³/mol. The van der Waals surface area contributed by atoms with E-state index in [-0.39, 0.29) is 22.8 Å². The molecule has 0 saturated heterocycles. The molecule has 0 unspecified atom stereocenters. The van der Waals surface area contributed by atoms with E-state index < -0.39 is 30.5 Å². The monoisotopic (exact) mass is 411 g/mol. The zero-order valence-corrected chi connectivity index (χ0v) is 17.2. The lowest BCUT2D eigenvalue weighted by molar-refractivity contribution is -0.145. The van der Waals surface area contributed by atoms with Crippen molar-refractivity contribution < 1.29 is 28.7 Å². The number of carbonyl (C=O) groups is 4. The van der Waals surface area contributed by atoms with Crippen molar-refractivity contribution in [2.24, 2.45) is 5.92 Å². The molecule has 2 rings (SSSR count). The molecular weight excluding hydrogens is 386 g/mol. The zero-order valence-electron chi connectivity index (χ0n) is 17.2. The summed E-state index contributed by atoms with van der Waals surface area (Å²) in [5.41, 5.74) is 0.678. The summed E-state index contributed by atoms with van der Waals surface area (Å²) < 4.78 is 9.77. The summed E-state index contributed by atoms with van der Waals surface area (Å²) in [6, 6.07) is 14.0. The van der Waals surface area contributed by atoms with Gasteiger partial charge < -0.3 is 14.8 Å². The van der Waals surface area contributed by atoms with E-state index in [0.717, 1.165) is 0 Å². The van der Waals surface area contributed by atoms with Crippen LogP contribution in [0.5, 0.6) is 0 Å². The fourth-order valence-corrected chi connectivity index (χ4v) is 2.88. The van der Waals surface area contributed by atoms with E-state index in [0.29, 0.717) is 12.0 Å². The number of amides is 1. The molecule has 0 spiro atoms. The third-order valence-electron chi connectivity index (χ3n) is 4.29. The molecule has 0 fully saturated rings. The molecule has 1 amide bonds. The smallest absolute Gasteiger partial charge is 0.339 e. The molecule has 2 aromatic rings. The summed E-state index contributed by atoms with van der Waals surface area (Å²) in [5, 5.41) is 2.51. The van der Waals surface area contributed by atoms with Gasteiger partial charge in [0.25, 0.3) is 5.91 Å². The van der Waals surface area contributed by atoms with Crippen molar-refractivity contribution in [1.29, 1.82) is 0 Å². The molecule has 2 aromatic carbocycles. The van der Waals surface area contributed by atoms with Crippen LogP contribution in [0.1, 0.15) is 46.5 Å². The van der Waals surface area contributed by atoms with E-state index >= 15 is 0 Å². The molecular formula is C23H25NO6. The standard InChI is InChI=1S/C23H25NO6/c1-15(2)13-19(23(28)29-3)24-20(25)14-30-22(27)18-12-8-7-11-17(18)21(26)16-9-5-4-6-10-16/h4-12,15,19H,13-14H2,1-3H3,(H,24,25)/t19-/m1/s1. The molecule has 1 atom stereocenters. The van der Waals surface area contributed by atoms with Gasteiger partial charge in [-0.15, -0.1) is 0 Å². The van der Waals surface area contributed by atoms with Gasteiger partial charge in [-0.25, -0.2) is 9.59 Å². The maximum Gasteiger partial charge on any atom is 0.339 e. The van der Waals surface area contributed by atoms with E-state index in [4.69, 9.17) is 9.47 Å². The van der Waals surface area contributed by atoms with Crippen molar-refractivity contribution in [3.05, 3.63) is 71.3 Å². The first-order chi connectivity index (χ1) is 14.3. The van der Waals surface area contributed by atoms with Crippen LogP contribution in [0, 0.1) is 5.92 Å². The second-order valence-electron chi connectivity index (χ2n) is 7.09. The van der Waals surface area contributed by atoms with Gasteiger partial charge in [-0.3, -0.25) is 9.59 Å². The Kier molecular flexibility index (Phi) is 8.29. The summed E-state index contributed by atoms with van der Waals surface area (Å²) in [5.74, 6) is -2.18. The van der Waals surface area contributed by atoms with Gasteiger partial charge in [0, 0.05) is 11.1 Å². The van der Waals surface area contributed by atoms with Gasteiger partial charge in [0.1, 0.15) is 6.04 Å². The quantitative estimate of drug-likeness (QED) is 0.503. The average molecular weight is 411 g/mol. The van der Waals surface area contributed by atoms with Gasteiger partial charge >= 0.3 is 11.9 Å². The van der Waals surface area contributed by atoms with Gasteiger partial charge in [0.05, 0.1) is 12.7 Å². The lowest BCUT2D eigenvalue weighted by Crippen LogP contribution is -2.44. The number of ketones is 1. The second-order valence-corrected chi connectivity index (χ2v) is 7.09. The molecule has 158 valence electrons. The lowest BCUT2D eigenvalue weighted by Gasteiger charge is -2.18. The van der Waals surface area contributed by atoms with Crippen molar-refractivity contribution in [1.82, 2.24) is 5.32 Å². The van der Waals surface area contributed by atoms with E-state index in [2.05, 4.69) is 5.32 Å². The Morgan fingerprint density at radius 2 is 1.50 bits per heavy atom. The molecule has 1 N–H and O–H groups in total. The molecule has 0 aliphatic heterocycles. The minimum Gasteiger partial charge on any atom is -0.467 e. The summed E-state index contributed by atoms with van der Waals surface area (Å²) in [7, 11) is 1.24. The Balaban J connectivity index is 2.05. The Bertz CT molecular complexity index is 907. The van der Waals surface area contributed by atoms with E-state index in [1.807, 2.05) is 13.8 Å². The zero-order chi connectivity index (χ0) is 22.1. The maximum absolute atomic E-state index is 12.7. The van der Waals surface area contributed by atoms with Crippen LogP contribution in [0.15, 0.2) is 54.6 Å². The van der Waals surface area contributed by atoms with E-state index in [9.17, 15) is 19.2 Å². The van der Waals surface area contributed by atoms with Gasteiger partial charge in [-0.2, -0.15) is 0 Å². The summed E-state index contributed by atoms with van der Waals surface area (Å²) >= 11 is 0. The third-order valence-corrected chi connectivity index (χ3v) is 4.29. The van der Waals surface area contributed by atoms with Crippen LogP contribution in [0.3, 0.4) is 0 Å². The van der Waals surface area contributed by atoms with Gasteiger partial charge in [0.2, 0.25) is 0 Å². The van der Waals surface area contributed by atoms with E-state index in [1.54, 1.807) is 42.5 Å². The Morgan fingerprint density at radius 1 is 0.900 bits per heavy atom. The Hall–Kier alpha value is -3.48. The van der Waals surface area contributed by atoms with Gasteiger partial charge in [0.15, 0.2) is 12.4 Å². The van der Waals surface area contributed by atoms with Crippen LogP contribution < -0.4 is 5.32 Å². The van der Waals surface area contributed by atoms with Crippen molar-refractivity contribution in [2.75, 3.05) is 13.7 Å². The average Bonchev–Trinajstić information content (AvgIpc) is 2.76.